The number of aryl methyl sites for hydroxylation is 1. The summed E-state index contributed by atoms with van der Waals surface area (Å²) >= 11 is 0. The van der Waals surface area contributed by atoms with E-state index in [1.807, 2.05) is 18.2 Å². The molecule has 0 spiro atoms. The summed E-state index contributed by atoms with van der Waals surface area (Å²) in [6.07, 6.45) is 6.23. The zero-order chi connectivity index (χ0) is 14.9. The lowest BCUT2D eigenvalue weighted by Crippen LogP contribution is -2.18. The minimum atomic E-state index is -0.173. The van der Waals surface area contributed by atoms with Crippen LogP contribution in [0.5, 0.6) is 0 Å². The molecule has 5 heteroatoms. The van der Waals surface area contributed by atoms with Gasteiger partial charge in [0.05, 0.1) is 11.6 Å². The van der Waals surface area contributed by atoms with Gasteiger partial charge in [0.15, 0.2) is 5.82 Å². The molecule has 1 atom stereocenters. The van der Waals surface area contributed by atoms with Crippen LogP contribution in [0.15, 0.2) is 42.9 Å². The molecule has 1 unspecified atom stereocenters. The number of hydrogen-bond acceptors (Lipinski definition) is 4. The van der Waals surface area contributed by atoms with Crippen LogP contribution in [0.2, 0.25) is 0 Å². The van der Waals surface area contributed by atoms with Crippen molar-refractivity contribution in [1.29, 1.82) is 0 Å². The van der Waals surface area contributed by atoms with E-state index in [1.54, 1.807) is 18.6 Å². The molecular formula is C17H15FN4. The molecule has 4 rings (SSSR count). The summed E-state index contributed by atoms with van der Waals surface area (Å²) < 4.78 is 13.4. The Morgan fingerprint density at radius 2 is 2.09 bits per heavy atom. The molecule has 1 N–H and O–H groups in total. The zero-order valence-corrected chi connectivity index (χ0v) is 12.0. The van der Waals surface area contributed by atoms with Crippen molar-refractivity contribution in [2.24, 2.45) is 0 Å². The van der Waals surface area contributed by atoms with Crippen LogP contribution < -0.4 is 5.32 Å². The fraction of sp³-hybridized carbons (Fsp3) is 0.235. The molecule has 1 aliphatic carbocycles. The number of nitrogens with zero attached hydrogens (tertiary/aromatic N) is 3. The van der Waals surface area contributed by atoms with E-state index in [1.165, 1.54) is 6.07 Å². The molecule has 0 saturated heterocycles. The van der Waals surface area contributed by atoms with Gasteiger partial charge in [0.2, 0.25) is 0 Å². The number of halogens is 1. The van der Waals surface area contributed by atoms with E-state index < -0.39 is 0 Å². The van der Waals surface area contributed by atoms with Crippen LogP contribution in [0.25, 0.3) is 11.0 Å². The first-order valence-corrected chi connectivity index (χ1v) is 7.42. The molecule has 2 heterocycles. The lowest BCUT2D eigenvalue weighted by Gasteiger charge is -2.27. The molecule has 4 nitrogen and oxygen atoms in total. The van der Waals surface area contributed by atoms with Crippen molar-refractivity contribution in [3.05, 3.63) is 59.8 Å². The Bertz CT molecular complexity index is 829. The zero-order valence-electron chi connectivity index (χ0n) is 12.0. The molecule has 22 heavy (non-hydrogen) atoms. The van der Waals surface area contributed by atoms with Crippen LogP contribution >= 0.6 is 0 Å². The van der Waals surface area contributed by atoms with Gasteiger partial charge in [-0.25, -0.2) is 14.4 Å². The lowest BCUT2D eigenvalue weighted by atomic mass is 9.87. The molecule has 0 radical (unpaired) electrons. The Hall–Kier alpha value is -2.56. The van der Waals surface area contributed by atoms with E-state index in [0.717, 1.165) is 47.2 Å². The molecule has 2 aromatic heterocycles. The number of hydrogen-bond donors (Lipinski definition) is 1. The maximum absolute atomic E-state index is 13.4. The van der Waals surface area contributed by atoms with Crippen LogP contribution in [0, 0.1) is 5.82 Å². The van der Waals surface area contributed by atoms with Crippen LogP contribution in [0.4, 0.5) is 10.2 Å². The van der Waals surface area contributed by atoms with Crippen LogP contribution in [0.1, 0.15) is 30.0 Å². The fourth-order valence-electron chi connectivity index (χ4n) is 3.10. The molecule has 110 valence electrons. The smallest absolute Gasteiger partial charge is 0.156 e. The summed E-state index contributed by atoms with van der Waals surface area (Å²) in [5.74, 6) is 0.557. The van der Waals surface area contributed by atoms with E-state index in [-0.39, 0.29) is 11.9 Å². The highest BCUT2D eigenvalue weighted by molar-refractivity contribution is 5.84. The Morgan fingerprint density at radius 1 is 1.14 bits per heavy atom. The molecule has 0 bridgehead atoms. The number of pyridine rings is 1. The number of anilines is 1. The van der Waals surface area contributed by atoms with Gasteiger partial charge in [-0.2, -0.15) is 0 Å². The molecular weight excluding hydrogens is 279 g/mol. The first kappa shape index (κ1) is 13.1. The van der Waals surface area contributed by atoms with Crippen LogP contribution in [-0.4, -0.2) is 15.0 Å². The molecule has 0 aliphatic heterocycles. The second-order valence-electron chi connectivity index (χ2n) is 5.53. The molecule has 1 aliphatic rings. The van der Waals surface area contributed by atoms with Gasteiger partial charge in [0.1, 0.15) is 17.7 Å². The molecule has 0 amide bonds. The summed E-state index contributed by atoms with van der Waals surface area (Å²) in [5.41, 5.74) is 3.81. The van der Waals surface area contributed by atoms with Gasteiger partial charge < -0.3 is 5.32 Å². The number of aromatic nitrogens is 3. The first-order valence-electron chi connectivity index (χ1n) is 7.42. The van der Waals surface area contributed by atoms with E-state index >= 15 is 0 Å². The standard InChI is InChI=1S/C17H15FN4/c18-12-6-7-13-11(9-12)3-1-4-14(13)22-17-16-15(20-10-21-17)5-2-8-19-16/h2,5-10,14H,1,3-4H2,(H,20,21,22). The molecule has 3 aromatic rings. The van der Waals surface area contributed by atoms with Gasteiger partial charge in [-0.3, -0.25) is 4.98 Å². The summed E-state index contributed by atoms with van der Waals surface area (Å²) in [7, 11) is 0. The minimum absolute atomic E-state index is 0.129. The number of nitrogens with one attached hydrogen (secondary N) is 1. The van der Waals surface area contributed by atoms with Gasteiger partial charge in [-0.1, -0.05) is 6.07 Å². The quantitative estimate of drug-likeness (QED) is 0.783. The Balaban J connectivity index is 1.72. The molecule has 0 saturated carbocycles. The van der Waals surface area contributed by atoms with Crippen LogP contribution in [-0.2, 0) is 6.42 Å². The normalized spacial score (nSPS) is 17.2. The van der Waals surface area contributed by atoms with Crippen molar-refractivity contribution < 1.29 is 4.39 Å². The molecule has 1 aromatic carbocycles. The minimum Gasteiger partial charge on any atom is -0.361 e. The van der Waals surface area contributed by atoms with Crippen molar-refractivity contribution in [1.82, 2.24) is 15.0 Å². The Labute approximate surface area is 127 Å². The Morgan fingerprint density at radius 3 is 3.05 bits per heavy atom. The predicted octanol–water partition coefficient (Wildman–Crippen LogP) is 3.65. The fourth-order valence-corrected chi connectivity index (χ4v) is 3.10. The monoisotopic (exact) mass is 294 g/mol. The molecule has 0 fully saturated rings. The summed E-state index contributed by atoms with van der Waals surface area (Å²) in [5, 5.41) is 3.46. The van der Waals surface area contributed by atoms with Gasteiger partial charge >= 0.3 is 0 Å². The first-order chi connectivity index (χ1) is 10.8. The summed E-state index contributed by atoms with van der Waals surface area (Å²) in [6.45, 7) is 0. The van der Waals surface area contributed by atoms with Gasteiger partial charge in [0.25, 0.3) is 0 Å². The van der Waals surface area contributed by atoms with E-state index in [0.29, 0.717) is 0 Å². The van der Waals surface area contributed by atoms with Gasteiger partial charge in [0, 0.05) is 6.20 Å². The largest absolute Gasteiger partial charge is 0.361 e. The highest BCUT2D eigenvalue weighted by Gasteiger charge is 2.21. The number of benzene rings is 1. The third-order valence-corrected chi connectivity index (χ3v) is 4.12. The van der Waals surface area contributed by atoms with Gasteiger partial charge in [-0.05, 0) is 54.7 Å². The van der Waals surface area contributed by atoms with Crippen molar-refractivity contribution in [2.75, 3.05) is 5.32 Å². The van der Waals surface area contributed by atoms with Crippen molar-refractivity contribution in [3.63, 3.8) is 0 Å². The maximum Gasteiger partial charge on any atom is 0.156 e. The third kappa shape index (κ3) is 2.28. The predicted molar refractivity (Wildman–Crippen MR) is 83.0 cm³/mol. The third-order valence-electron chi connectivity index (χ3n) is 4.12. The summed E-state index contributed by atoms with van der Waals surface area (Å²) in [4.78, 5) is 12.9. The highest BCUT2D eigenvalue weighted by Crippen LogP contribution is 2.33. The SMILES string of the molecule is Fc1ccc2c(c1)CCCC2Nc1ncnc2cccnc12. The van der Waals surface area contributed by atoms with Gasteiger partial charge in [-0.15, -0.1) is 0 Å². The van der Waals surface area contributed by atoms with Crippen molar-refractivity contribution >= 4 is 16.9 Å². The van der Waals surface area contributed by atoms with Crippen LogP contribution in [0.3, 0.4) is 0 Å². The number of fused-ring (bicyclic) bond motifs is 2. The lowest BCUT2D eigenvalue weighted by molar-refractivity contribution is 0.581. The van der Waals surface area contributed by atoms with E-state index in [2.05, 4.69) is 20.3 Å². The topological polar surface area (TPSA) is 50.7 Å². The Kier molecular flexibility index (Phi) is 3.18. The average molecular weight is 294 g/mol. The maximum atomic E-state index is 13.4. The average Bonchev–Trinajstić information content (AvgIpc) is 2.55. The summed E-state index contributed by atoms with van der Waals surface area (Å²) in [6, 6.07) is 8.94. The number of rotatable bonds is 2. The highest BCUT2D eigenvalue weighted by atomic mass is 19.1. The van der Waals surface area contributed by atoms with Crippen molar-refractivity contribution in [3.8, 4) is 0 Å². The van der Waals surface area contributed by atoms with E-state index in [9.17, 15) is 4.39 Å². The second-order valence-corrected chi connectivity index (χ2v) is 5.53. The van der Waals surface area contributed by atoms with Crippen molar-refractivity contribution in [2.45, 2.75) is 25.3 Å². The van der Waals surface area contributed by atoms with E-state index in [4.69, 9.17) is 0 Å². The second kappa shape index (κ2) is 5.33.